The van der Waals surface area contributed by atoms with Crippen LogP contribution in [0.1, 0.15) is 0 Å². The van der Waals surface area contributed by atoms with Crippen LogP contribution in [-0.2, 0) is 0 Å². The van der Waals surface area contributed by atoms with Gasteiger partial charge in [0.05, 0.1) is 5.52 Å². The average molecular weight is 677 g/mol. The fourth-order valence-electron chi connectivity index (χ4n) is 7.76. The number of hydrogen-bond donors (Lipinski definition) is 0. The summed E-state index contributed by atoms with van der Waals surface area (Å²) in [5.41, 5.74) is 7.28. The summed E-state index contributed by atoms with van der Waals surface area (Å²) in [6, 6.07) is 56.9. The first kappa shape index (κ1) is 29.5. The molecule has 0 atom stereocenters. The van der Waals surface area contributed by atoms with E-state index in [1.807, 2.05) is 30.5 Å². The van der Waals surface area contributed by atoms with Crippen molar-refractivity contribution >= 4 is 65.2 Å². The molecular formula is C48H28N4O. The van der Waals surface area contributed by atoms with Gasteiger partial charge in [0.1, 0.15) is 11.2 Å². The Kier molecular flexibility index (Phi) is 6.48. The summed E-state index contributed by atoms with van der Waals surface area (Å²) in [6.07, 6.45) is 1.84. The van der Waals surface area contributed by atoms with Crippen molar-refractivity contribution in [1.82, 2.24) is 19.9 Å². The van der Waals surface area contributed by atoms with Crippen molar-refractivity contribution in [2.45, 2.75) is 0 Å². The van der Waals surface area contributed by atoms with Gasteiger partial charge in [-0.05, 0) is 80.3 Å². The summed E-state index contributed by atoms with van der Waals surface area (Å²) >= 11 is 0. The molecule has 0 saturated heterocycles. The lowest BCUT2D eigenvalue weighted by molar-refractivity contribution is 0.669. The minimum atomic E-state index is 0.580. The van der Waals surface area contributed by atoms with Gasteiger partial charge in [-0.2, -0.15) is 0 Å². The van der Waals surface area contributed by atoms with Crippen LogP contribution in [0, 0.1) is 0 Å². The smallest absolute Gasteiger partial charge is 0.164 e. The molecule has 0 spiro atoms. The van der Waals surface area contributed by atoms with Crippen molar-refractivity contribution in [2.75, 3.05) is 0 Å². The molecule has 0 bridgehead atoms. The number of aromatic nitrogens is 4. The van der Waals surface area contributed by atoms with Crippen LogP contribution in [-0.4, -0.2) is 19.9 Å². The number of benzene rings is 8. The molecule has 0 fully saturated rings. The molecule has 8 aromatic carbocycles. The zero-order chi connectivity index (χ0) is 34.9. The van der Waals surface area contributed by atoms with Gasteiger partial charge in [-0.1, -0.05) is 121 Å². The molecule has 11 aromatic rings. The van der Waals surface area contributed by atoms with Gasteiger partial charge in [-0.15, -0.1) is 0 Å². The van der Waals surface area contributed by atoms with E-state index in [2.05, 4.69) is 140 Å². The summed E-state index contributed by atoms with van der Waals surface area (Å²) < 4.78 is 6.48. The van der Waals surface area contributed by atoms with Crippen LogP contribution in [0.25, 0.3) is 110 Å². The van der Waals surface area contributed by atoms with Crippen LogP contribution < -0.4 is 0 Å². The topological polar surface area (TPSA) is 64.7 Å². The van der Waals surface area contributed by atoms with E-state index in [1.54, 1.807) is 0 Å². The Morgan fingerprint density at radius 3 is 1.77 bits per heavy atom. The van der Waals surface area contributed by atoms with Crippen LogP contribution in [0.5, 0.6) is 0 Å². The average Bonchev–Trinajstić information content (AvgIpc) is 3.59. The van der Waals surface area contributed by atoms with Crippen molar-refractivity contribution in [3.63, 3.8) is 0 Å². The van der Waals surface area contributed by atoms with E-state index in [0.717, 1.165) is 82.2 Å². The molecule has 3 aromatic heterocycles. The second-order valence-corrected chi connectivity index (χ2v) is 13.5. The number of furan rings is 1. The van der Waals surface area contributed by atoms with Gasteiger partial charge in [-0.3, -0.25) is 4.98 Å². The van der Waals surface area contributed by atoms with E-state index in [9.17, 15) is 0 Å². The number of fused-ring (bicyclic) bond motifs is 7. The Balaban J connectivity index is 1.18. The highest BCUT2D eigenvalue weighted by Gasteiger charge is 2.20. The predicted octanol–water partition coefficient (Wildman–Crippen LogP) is 12.4. The second kappa shape index (κ2) is 11.7. The first-order chi connectivity index (χ1) is 26.2. The lowest BCUT2D eigenvalue weighted by atomic mass is 9.96. The first-order valence-electron chi connectivity index (χ1n) is 17.7. The molecular weight excluding hydrogens is 649 g/mol. The van der Waals surface area contributed by atoms with E-state index >= 15 is 0 Å². The highest BCUT2D eigenvalue weighted by molar-refractivity contribution is 6.15. The molecule has 3 heterocycles. The summed E-state index contributed by atoms with van der Waals surface area (Å²) in [6.45, 7) is 0. The molecule has 53 heavy (non-hydrogen) atoms. The largest absolute Gasteiger partial charge is 0.456 e. The number of hydrogen-bond acceptors (Lipinski definition) is 5. The summed E-state index contributed by atoms with van der Waals surface area (Å²) in [4.78, 5) is 20.6. The third-order valence-corrected chi connectivity index (χ3v) is 10.3. The molecule has 0 unspecified atom stereocenters. The van der Waals surface area contributed by atoms with Crippen molar-refractivity contribution in [2.24, 2.45) is 0 Å². The molecule has 0 radical (unpaired) electrons. The van der Waals surface area contributed by atoms with E-state index in [4.69, 9.17) is 24.4 Å². The van der Waals surface area contributed by atoms with Crippen molar-refractivity contribution < 1.29 is 4.42 Å². The highest BCUT2D eigenvalue weighted by atomic mass is 16.3. The molecule has 5 nitrogen and oxygen atoms in total. The molecule has 0 aliphatic carbocycles. The molecule has 0 aliphatic heterocycles. The maximum Gasteiger partial charge on any atom is 0.164 e. The molecule has 11 rings (SSSR count). The van der Waals surface area contributed by atoms with Gasteiger partial charge in [0.15, 0.2) is 17.5 Å². The minimum Gasteiger partial charge on any atom is -0.456 e. The van der Waals surface area contributed by atoms with Crippen molar-refractivity contribution in [3.05, 3.63) is 170 Å². The Hall–Kier alpha value is -7.24. The molecule has 0 amide bonds. The lowest BCUT2D eigenvalue weighted by Gasteiger charge is -2.14. The van der Waals surface area contributed by atoms with E-state index < -0.39 is 0 Å². The first-order valence-corrected chi connectivity index (χ1v) is 17.7. The second-order valence-electron chi connectivity index (χ2n) is 13.5. The number of nitrogens with zero attached hydrogens (tertiary/aromatic N) is 4. The van der Waals surface area contributed by atoms with Gasteiger partial charge >= 0.3 is 0 Å². The quantitative estimate of drug-likeness (QED) is 0.174. The van der Waals surface area contributed by atoms with Gasteiger partial charge in [-0.25, -0.2) is 15.0 Å². The fourth-order valence-corrected chi connectivity index (χ4v) is 7.76. The van der Waals surface area contributed by atoms with Crippen molar-refractivity contribution in [3.8, 4) is 45.3 Å². The van der Waals surface area contributed by atoms with Crippen molar-refractivity contribution in [1.29, 1.82) is 0 Å². The number of pyridine rings is 1. The molecule has 5 heteroatoms. The summed E-state index contributed by atoms with van der Waals surface area (Å²) in [5.74, 6) is 1.76. The van der Waals surface area contributed by atoms with E-state index in [-0.39, 0.29) is 0 Å². The van der Waals surface area contributed by atoms with E-state index in [1.165, 1.54) is 10.8 Å². The molecule has 0 saturated carbocycles. The van der Waals surface area contributed by atoms with E-state index in [0.29, 0.717) is 17.5 Å². The lowest BCUT2D eigenvalue weighted by Crippen LogP contribution is -2.01. The third-order valence-electron chi connectivity index (χ3n) is 10.3. The fraction of sp³-hybridized carbons (Fsp3) is 0. The van der Waals surface area contributed by atoms with Crippen LogP contribution in [0.4, 0.5) is 0 Å². The zero-order valence-corrected chi connectivity index (χ0v) is 28.4. The van der Waals surface area contributed by atoms with Crippen LogP contribution in [0.3, 0.4) is 0 Å². The third kappa shape index (κ3) is 4.86. The van der Waals surface area contributed by atoms with Gasteiger partial charge < -0.3 is 4.42 Å². The number of para-hydroxylation sites is 1. The normalized spacial score (nSPS) is 11.8. The minimum absolute atomic E-state index is 0.580. The maximum absolute atomic E-state index is 6.48. The Morgan fingerprint density at radius 2 is 0.943 bits per heavy atom. The Labute approximate surface area is 303 Å². The van der Waals surface area contributed by atoms with Gasteiger partial charge in [0, 0.05) is 44.6 Å². The highest BCUT2D eigenvalue weighted by Crippen LogP contribution is 2.40. The monoisotopic (exact) mass is 676 g/mol. The SMILES string of the molecule is c1ccc(-c2cccc3cccnc23)c(-c2nc(-c3ccc4cc5ccccc5cc4c3)nc(-c3cccc4oc5cc6ccccc6cc5c34)n2)c1. The van der Waals surface area contributed by atoms with Gasteiger partial charge in [0.25, 0.3) is 0 Å². The zero-order valence-electron chi connectivity index (χ0n) is 28.4. The molecule has 0 N–H and O–H groups in total. The molecule has 246 valence electrons. The number of rotatable bonds is 4. The Bertz CT molecular complexity index is 3250. The predicted molar refractivity (Wildman–Crippen MR) is 217 cm³/mol. The Morgan fingerprint density at radius 1 is 0.358 bits per heavy atom. The van der Waals surface area contributed by atoms with Crippen LogP contribution >= 0.6 is 0 Å². The van der Waals surface area contributed by atoms with Crippen LogP contribution in [0.15, 0.2) is 174 Å². The molecule has 0 aliphatic rings. The standard InChI is InChI=1S/C48H28N4O/c1-2-11-31-25-36-26-35(22-21-34(36)24-30(31)10-1)46-50-47(39-17-6-5-16-37(39)38-18-7-14-29-15-9-23-49-45(29)38)52-48(51-46)40-19-8-20-42-44(40)41-27-32-12-3-4-13-33(32)28-43(41)53-42/h1-28H. The van der Waals surface area contributed by atoms with Gasteiger partial charge in [0.2, 0.25) is 0 Å². The van der Waals surface area contributed by atoms with Crippen LogP contribution in [0.2, 0.25) is 0 Å². The summed E-state index contributed by atoms with van der Waals surface area (Å²) in [5, 5.41) is 10.1. The maximum atomic E-state index is 6.48. The summed E-state index contributed by atoms with van der Waals surface area (Å²) in [7, 11) is 0.